The van der Waals surface area contributed by atoms with Crippen LogP contribution in [0.5, 0.6) is 0 Å². The number of hydrogen-bond donors (Lipinski definition) is 1. The Morgan fingerprint density at radius 3 is 2.47 bits per heavy atom. The van der Waals surface area contributed by atoms with Crippen molar-refractivity contribution in [2.75, 3.05) is 13.6 Å². The molecule has 2 unspecified atom stereocenters. The Labute approximate surface area is 113 Å². The molecule has 6 nitrogen and oxygen atoms in total. The fraction of sp³-hybridized carbons (Fsp3) is 0.769. The first-order valence-electron chi connectivity index (χ1n) is 6.78. The van der Waals surface area contributed by atoms with Crippen molar-refractivity contribution in [3.05, 3.63) is 0 Å². The van der Waals surface area contributed by atoms with E-state index in [9.17, 15) is 14.4 Å². The predicted molar refractivity (Wildman–Crippen MR) is 69.2 cm³/mol. The Bertz CT molecular complexity index is 408. The first-order chi connectivity index (χ1) is 8.91. The highest BCUT2D eigenvalue weighted by atomic mass is 16.2. The van der Waals surface area contributed by atoms with E-state index in [0.717, 1.165) is 11.3 Å². The fourth-order valence-corrected chi connectivity index (χ4v) is 2.76. The van der Waals surface area contributed by atoms with Crippen LogP contribution < -0.4 is 5.32 Å². The average Bonchev–Trinajstić information content (AvgIpc) is 2.68. The molecule has 3 amide bonds. The number of likely N-dealkylation sites (tertiary alicyclic amines) is 2. The van der Waals surface area contributed by atoms with Gasteiger partial charge in [0.15, 0.2) is 0 Å². The van der Waals surface area contributed by atoms with Crippen molar-refractivity contribution in [2.45, 2.75) is 51.2 Å². The molecule has 0 saturated carbocycles. The van der Waals surface area contributed by atoms with Gasteiger partial charge in [-0.25, -0.2) is 0 Å². The van der Waals surface area contributed by atoms with E-state index >= 15 is 0 Å². The van der Waals surface area contributed by atoms with Gasteiger partial charge in [0.25, 0.3) is 5.91 Å². The molecule has 2 fully saturated rings. The summed E-state index contributed by atoms with van der Waals surface area (Å²) in [6.45, 7) is 4.57. The second-order valence-corrected chi connectivity index (χ2v) is 5.54. The minimum atomic E-state index is -0.464. The molecule has 0 bridgehead atoms. The third-order valence-electron chi connectivity index (χ3n) is 3.77. The SMILES string of the molecule is CC(C)NC1CCN(C2CCC(=O)N(C)C2=O)C1=O. The summed E-state index contributed by atoms with van der Waals surface area (Å²) in [4.78, 5) is 38.6. The lowest BCUT2D eigenvalue weighted by Crippen LogP contribution is -2.55. The summed E-state index contributed by atoms with van der Waals surface area (Å²) in [7, 11) is 1.49. The van der Waals surface area contributed by atoms with Gasteiger partial charge >= 0.3 is 0 Å². The maximum Gasteiger partial charge on any atom is 0.251 e. The van der Waals surface area contributed by atoms with E-state index in [-0.39, 0.29) is 29.8 Å². The van der Waals surface area contributed by atoms with Crippen molar-refractivity contribution in [1.29, 1.82) is 0 Å². The molecule has 0 aromatic carbocycles. The maximum absolute atomic E-state index is 12.3. The van der Waals surface area contributed by atoms with E-state index in [1.807, 2.05) is 13.8 Å². The Morgan fingerprint density at radius 2 is 1.84 bits per heavy atom. The topological polar surface area (TPSA) is 69.7 Å². The highest BCUT2D eigenvalue weighted by Crippen LogP contribution is 2.23. The lowest BCUT2D eigenvalue weighted by molar-refractivity contribution is -0.154. The standard InChI is InChI=1S/C13H21N3O3/c1-8(2)14-9-6-7-16(12(9)18)10-4-5-11(17)15(3)13(10)19/h8-10,14H,4-7H2,1-3H3. The van der Waals surface area contributed by atoms with Crippen LogP contribution in [0.15, 0.2) is 0 Å². The molecule has 2 atom stereocenters. The second-order valence-electron chi connectivity index (χ2n) is 5.54. The minimum absolute atomic E-state index is 0.0187. The Balaban J connectivity index is 2.05. The third-order valence-corrected chi connectivity index (χ3v) is 3.77. The first-order valence-corrected chi connectivity index (χ1v) is 6.78. The van der Waals surface area contributed by atoms with Crippen LogP contribution in [0.1, 0.15) is 33.1 Å². The summed E-state index contributed by atoms with van der Waals surface area (Å²) in [5, 5.41) is 3.21. The zero-order valence-corrected chi connectivity index (χ0v) is 11.7. The van der Waals surface area contributed by atoms with E-state index in [1.54, 1.807) is 4.90 Å². The molecule has 106 valence electrons. The molecule has 19 heavy (non-hydrogen) atoms. The normalized spacial score (nSPS) is 28.7. The molecule has 1 N–H and O–H groups in total. The minimum Gasteiger partial charge on any atom is -0.329 e. The lowest BCUT2D eigenvalue weighted by atomic mass is 10.0. The number of nitrogens with one attached hydrogen (secondary N) is 1. The highest BCUT2D eigenvalue weighted by Gasteiger charge is 2.42. The van der Waals surface area contributed by atoms with Gasteiger partial charge in [-0.2, -0.15) is 0 Å². The van der Waals surface area contributed by atoms with Gasteiger partial charge in [0, 0.05) is 26.1 Å². The number of carbonyl (C=O) groups is 3. The zero-order valence-electron chi connectivity index (χ0n) is 11.7. The highest BCUT2D eigenvalue weighted by molar-refractivity contribution is 6.02. The quantitative estimate of drug-likeness (QED) is 0.715. The third kappa shape index (κ3) is 2.63. The largest absolute Gasteiger partial charge is 0.329 e. The zero-order chi connectivity index (χ0) is 14.2. The molecule has 2 aliphatic rings. The maximum atomic E-state index is 12.3. The van der Waals surface area contributed by atoms with E-state index in [4.69, 9.17) is 0 Å². The van der Waals surface area contributed by atoms with Crippen LogP contribution in [-0.4, -0.2) is 59.2 Å². The summed E-state index contributed by atoms with van der Waals surface area (Å²) in [6.07, 6.45) is 1.50. The number of nitrogens with zero attached hydrogens (tertiary/aromatic N) is 2. The van der Waals surface area contributed by atoms with Crippen LogP contribution in [0, 0.1) is 0 Å². The van der Waals surface area contributed by atoms with Crippen LogP contribution in [0.25, 0.3) is 0 Å². The lowest BCUT2D eigenvalue weighted by Gasteiger charge is -2.33. The molecule has 2 saturated heterocycles. The number of carbonyl (C=O) groups excluding carboxylic acids is 3. The molecule has 2 aliphatic heterocycles. The van der Waals surface area contributed by atoms with Crippen molar-refractivity contribution in [2.24, 2.45) is 0 Å². The molecule has 6 heteroatoms. The first kappa shape index (κ1) is 14.0. The van der Waals surface area contributed by atoms with Crippen molar-refractivity contribution in [3.8, 4) is 0 Å². The summed E-state index contributed by atoms with van der Waals surface area (Å²) < 4.78 is 0. The molecule has 2 rings (SSSR count). The van der Waals surface area contributed by atoms with E-state index in [2.05, 4.69) is 5.32 Å². The summed E-state index contributed by atoms with van der Waals surface area (Å²) in [5.41, 5.74) is 0. The van der Waals surface area contributed by atoms with E-state index < -0.39 is 6.04 Å². The van der Waals surface area contributed by atoms with Crippen molar-refractivity contribution < 1.29 is 14.4 Å². The van der Waals surface area contributed by atoms with Crippen molar-refractivity contribution in [1.82, 2.24) is 15.1 Å². The van der Waals surface area contributed by atoms with Gasteiger partial charge in [-0.05, 0) is 12.8 Å². The number of imide groups is 1. The van der Waals surface area contributed by atoms with E-state index in [1.165, 1.54) is 7.05 Å². The van der Waals surface area contributed by atoms with Crippen LogP contribution in [0.2, 0.25) is 0 Å². The molecule has 0 spiro atoms. The average molecular weight is 267 g/mol. The second kappa shape index (κ2) is 5.28. The Kier molecular flexibility index (Phi) is 3.89. The summed E-state index contributed by atoms with van der Waals surface area (Å²) in [6, 6.07) is -0.426. The molecule has 0 radical (unpaired) electrons. The van der Waals surface area contributed by atoms with Crippen LogP contribution in [0.3, 0.4) is 0 Å². The van der Waals surface area contributed by atoms with Gasteiger partial charge in [-0.3, -0.25) is 19.3 Å². The van der Waals surface area contributed by atoms with Gasteiger partial charge in [0.05, 0.1) is 6.04 Å². The predicted octanol–water partition coefficient (Wildman–Crippen LogP) is -0.267. The molecule has 0 aromatic heterocycles. The van der Waals surface area contributed by atoms with E-state index in [0.29, 0.717) is 19.4 Å². The van der Waals surface area contributed by atoms with Crippen molar-refractivity contribution in [3.63, 3.8) is 0 Å². The van der Waals surface area contributed by atoms with Crippen LogP contribution in [0.4, 0.5) is 0 Å². The smallest absolute Gasteiger partial charge is 0.251 e. The Morgan fingerprint density at radius 1 is 1.16 bits per heavy atom. The van der Waals surface area contributed by atoms with Crippen LogP contribution in [-0.2, 0) is 14.4 Å². The van der Waals surface area contributed by atoms with Gasteiger partial charge in [-0.1, -0.05) is 13.8 Å². The van der Waals surface area contributed by atoms with Gasteiger partial charge in [-0.15, -0.1) is 0 Å². The number of piperidine rings is 1. The monoisotopic (exact) mass is 267 g/mol. The molecular formula is C13H21N3O3. The molecule has 2 heterocycles. The number of hydrogen-bond acceptors (Lipinski definition) is 4. The summed E-state index contributed by atoms with van der Waals surface area (Å²) >= 11 is 0. The number of amides is 3. The van der Waals surface area contributed by atoms with Gasteiger partial charge in [0.1, 0.15) is 6.04 Å². The molecule has 0 aliphatic carbocycles. The number of rotatable bonds is 3. The fourth-order valence-electron chi connectivity index (χ4n) is 2.76. The number of likely N-dealkylation sites (N-methyl/N-ethyl adjacent to an activating group) is 1. The van der Waals surface area contributed by atoms with Gasteiger partial charge in [0.2, 0.25) is 11.8 Å². The Hall–Kier alpha value is -1.43. The molecular weight excluding hydrogens is 246 g/mol. The summed E-state index contributed by atoms with van der Waals surface area (Å²) in [5.74, 6) is -0.436. The van der Waals surface area contributed by atoms with Crippen molar-refractivity contribution >= 4 is 17.7 Å². The molecule has 0 aromatic rings. The van der Waals surface area contributed by atoms with Gasteiger partial charge < -0.3 is 10.2 Å². The van der Waals surface area contributed by atoms with Crippen LogP contribution >= 0.6 is 0 Å².